The molecule has 0 aliphatic rings. The van der Waals surface area contributed by atoms with Gasteiger partial charge in [-0.05, 0) is 29.7 Å². The van der Waals surface area contributed by atoms with E-state index in [1.54, 1.807) is 0 Å². The molecule has 0 atom stereocenters. The van der Waals surface area contributed by atoms with E-state index in [4.69, 9.17) is 17.9 Å². The number of rotatable bonds is 5. The van der Waals surface area contributed by atoms with Gasteiger partial charge in [0, 0.05) is 24.2 Å². The molecule has 2 rings (SSSR count). The first-order chi connectivity index (χ1) is 10.7. The highest BCUT2D eigenvalue weighted by Crippen LogP contribution is 2.19. The predicted molar refractivity (Wildman–Crippen MR) is 97.5 cm³/mol. The van der Waals surface area contributed by atoms with Gasteiger partial charge in [-0.25, -0.2) is 0 Å². The Labute approximate surface area is 134 Å². The fourth-order valence-corrected chi connectivity index (χ4v) is 2.07. The number of hydrogen-bond donors (Lipinski definition) is 2. The summed E-state index contributed by atoms with van der Waals surface area (Å²) in [6.45, 7) is 2.18. The van der Waals surface area contributed by atoms with E-state index >= 15 is 0 Å². The summed E-state index contributed by atoms with van der Waals surface area (Å²) >= 11 is 0. The van der Waals surface area contributed by atoms with Gasteiger partial charge in [0.2, 0.25) is 0 Å². The van der Waals surface area contributed by atoms with Gasteiger partial charge in [0.1, 0.15) is 0 Å². The van der Waals surface area contributed by atoms with Crippen molar-refractivity contribution in [3.05, 3.63) is 59.7 Å². The molecule has 0 spiro atoms. The summed E-state index contributed by atoms with van der Waals surface area (Å²) in [4.78, 5) is 0. The third kappa shape index (κ3) is 6.37. The molecule has 2 aromatic carbocycles. The fourth-order valence-electron chi connectivity index (χ4n) is 2.07. The average Bonchev–Trinajstić information content (AvgIpc) is 2.53. The molecule has 0 aliphatic carbocycles. The van der Waals surface area contributed by atoms with Crippen molar-refractivity contribution in [1.82, 2.24) is 0 Å². The molecule has 0 saturated heterocycles. The molecule has 0 heterocycles. The van der Waals surface area contributed by atoms with E-state index in [1.165, 1.54) is 19.3 Å². The predicted octanol–water partition coefficient (Wildman–Crippen LogP) is 4.64. The smallest absolute Gasteiger partial charge is 0.0349 e. The van der Waals surface area contributed by atoms with Gasteiger partial charge < -0.3 is 11.5 Å². The number of terminal acetylenes is 1. The minimum Gasteiger partial charge on any atom is -0.398 e. The van der Waals surface area contributed by atoms with Crippen LogP contribution in [0.15, 0.2) is 48.5 Å². The van der Waals surface area contributed by atoms with E-state index in [0.29, 0.717) is 0 Å². The fraction of sp³-hybridized carbons (Fsp3) is 0.300. The van der Waals surface area contributed by atoms with Gasteiger partial charge in [0.15, 0.2) is 0 Å². The van der Waals surface area contributed by atoms with Gasteiger partial charge in [0.25, 0.3) is 0 Å². The van der Waals surface area contributed by atoms with Gasteiger partial charge in [0.05, 0.1) is 0 Å². The van der Waals surface area contributed by atoms with E-state index < -0.39 is 0 Å². The van der Waals surface area contributed by atoms with Crippen LogP contribution in [-0.2, 0) is 6.42 Å². The minimum absolute atomic E-state index is 0.791. The maximum absolute atomic E-state index is 5.88. The molecule has 0 aromatic heterocycles. The van der Waals surface area contributed by atoms with Crippen molar-refractivity contribution in [2.75, 3.05) is 11.5 Å². The van der Waals surface area contributed by atoms with Gasteiger partial charge in [-0.3, -0.25) is 0 Å². The Morgan fingerprint density at radius 1 is 0.864 bits per heavy atom. The van der Waals surface area contributed by atoms with Crippen molar-refractivity contribution in [2.45, 2.75) is 39.0 Å². The van der Waals surface area contributed by atoms with Crippen LogP contribution in [0.25, 0.3) is 0 Å². The van der Waals surface area contributed by atoms with Crippen molar-refractivity contribution in [3.8, 4) is 12.3 Å². The molecular formula is C20H26N2. The van der Waals surface area contributed by atoms with Crippen molar-refractivity contribution in [1.29, 1.82) is 0 Å². The first-order valence-corrected chi connectivity index (χ1v) is 7.79. The van der Waals surface area contributed by atoms with Crippen molar-refractivity contribution in [2.24, 2.45) is 0 Å². The Hall–Kier alpha value is -2.40. The maximum Gasteiger partial charge on any atom is 0.0349 e. The molecule has 2 aromatic rings. The lowest BCUT2D eigenvalue weighted by Crippen LogP contribution is -1.98. The standard InChI is InChI=1S/C13H14N2.C7H12/c14-12-7-3-1-5-10(12)9-11-6-2-4-8-13(11)15;1-3-5-7-6-4-2/h1-8H,9,14-15H2;1H,4-7H2,2H3. The molecule has 2 heteroatoms. The van der Waals surface area contributed by atoms with Crippen LogP contribution in [0.2, 0.25) is 0 Å². The first-order valence-electron chi connectivity index (χ1n) is 7.79. The molecule has 22 heavy (non-hydrogen) atoms. The zero-order chi connectivity index (χ0) is 16.2. The lowest BCUT2D eigenvalue weighted by atomic mass is 10.0. The molecule has 116 valence electrons. The number of para-hydroxylation sites is 2. The van der Waals surface area contributed by atoms with E-state index in [-0.39, 0.29) is 0 Å². The molecule has 0 amide bonds. The van der Waals surface area contributed by atoms with Crippen LogP contribution in [0.5, 0.6) is 0 Å². The van der Waals surface area contributed by atoms with E-state index in [1.807, 2.05) is 48.5 Å². The average molecular weight is 294 g/mol. The SMILES string of the molecule is C#CCCCCC.Nc1ccccc1Cc1ccccc1N. The second kappa shape index (κ2) is 10.3. The van der Waals surface area contributed by atoms with Crippen LogP contribution in [0.3, 0.4) is 0 Å². The van der Waals surface area contributed by atoms with Crippen LogP contribution < -0.4 is 11.5 Å². The van der Waals surface area contributed by atoms with Crippen LogP contribution in [0, 0.1) is 12.3 Å². The Morgan fingerprint density at radius 2 is 1.36 bits per heavy atom. The Kier molecular flexibility index (Phi) is 8.30. The van der Waals surface area contributed by atoms with E-state index in [2.05, 4.69) is 12.8 Å². The Balaban J connectivity index is 0.000000295. The Morgan fingerprint density at radius 3 is 1.77 bits per heavy atom. The highest BCUT2D eigenvalue weighted by atomic mass is 14.6. The van der Waals surface area contributed by atoms with Gasteiger partial charge in [-0.1, -0.05) is 56.2 Å². The first kappa shape index (κ1) is 17.7. The summed E-state index contributed by atoms with van der Waals surface area (Å²) in [5.74, 6) is 2.60. The van der Waals surface area contributed by atoms with Crippen molar-refractivity contribution in [3.63, 3.8) is 0 Å². The molecule has 2 nitrogen and oxygen atoms in total. The van der Waals surface area contributed by atoms with Crippen molar-refractivity contribution < 1.29 is 0 Å². The second-order valence-electron chi connectivity index (χ2n) is 5.24. The molecule has 0 saturated carbocycles. The molecule has 0 bridgehead atoms. The number of hydrogen-bond acceptors (Lipinski definition) is 2. The quantitative estimate of drug-likeness (QED) is 0.479. The van der Waals surface area contributed by atoms with Crippen molar-refractivity contribution >= 4 is 11.4 Å². The summed E-state index contributed by atoms with van der Waals surface area (Å²) in [7, 11) is 0. The molecule has 0 fully saturated rings. The van der Waals surface area contributed by atoms with Gasteiger partial charge >= 0.3 is 0 Å². The summed E-state index contributed by atoms with van der Waals surface area (Å²) in [6, 6.07) is 15.7. The van der Waals surface area contributed by atoms with Crippen LogP contribution in [0.4, 0.5) is 11.4 Å². The third-order valence-electron chi connectivity index (χ3n) is 3.42. The second-order valence-corrected chi connectivity index (χ2v) is 5.24. The summed E-state index contributed by atoms with van der Waals surface area (Å²) in [6.07, 6.45) is 10.5. The third-order valence-corrected chi connectivity index (χ3v) is 3.42. The van der Waals surface area contributed by atoms with Crippen LogP contribution >= 0.6 is 0 Å². The molecule has 4 N–H and O–H groups in total. The van der Waals surface area contributed by atoms with Gasteiger partial charge in [-0.15, -0.1) is 12.3 Å². The maximum atomic E-state index is 5.88. The summed E-state index contributed by atoms with van der Waals surface area (Å²) in [5.41, 5.74) is 15.6. The number of anilines is 2. The summed E-state index contributed by atoms with van der Waals surface area (Å²) < 4.78 is 0. The lowest BCUT2D eigenvalue weighted by Gasteiger charge is -2.07. The molecule has 0 aliphatic heterocycles. The largest absolute Gasteiger partial charge is 0.398 e. The lowest BCUT2D eigenvalue weighted by molar-refractivity contribution is 0.737. The molecule has 0 unspecified atom stereocenters. The number of benzene rings is 2. The summed E-state index contributed by atoms with van der Waals surface area (Å²) in [5, 5.41) is 0. The normalized spacial score (nSPS) is 9.45. The van der Waals surface area contributed by atoms with E-state index in [0.717, 1.165) is 35.3 Å². The monoisotopic (exact) mass is 294 g/mol. The number of unbranched alkanes of at least 4 members (excludes halogenated alkanes) is 3. The minimum atomic E-state index is 0.791. The van der Waals surface area contributed by atoms with Crippen LogP contribution in [0.1, 0.15) is 43.7 Å². The zero-order valence-corrected chi connectivity index (χ0v) is 13.4. The molecule has 0 radical (unpaired) electrons. The van der Waals surface area contributed by atoms with E-state index in [9.17, 15) is 0 Å². The number of nitrogens with two attached hydrogens (primary N) is 2. The topological polar surface area (TPSA) is 52.0 Å². The molecular weight excluding hydrogens is 268 g/mol. The Bertz CT molecular complexity index is 553. The highest BCUT2D eigenvalue weighted by Gasteiger charge is 2.02. The zero-order valence-electron chi connectivity index (χ0n) is 13.4. The van der Waals surface area contributed by atoms with Crippen LogP contribution in [-0.4, -0.2) is 0 Å². The van der Waals surface area contributed by atoms with Gasteiger partial charge in [-0.2, -0.15) is 0 Å². The highest BCUT2D eigenvalue weighted by molar-refractivity contribution is 5.53. The number of nitrogen functional groups attached to an aromatic ring is 2.